The van der Waals surface area contributed by atoms with Crippen LogP contribution in [0.25, 0.3) is 11.3 Å². The van der Waals surface area contributed by atoms with Crippen molar-refractivity contribution in [2.24, 2.45) is 0 Å². The van der Waals surface area contributed by atoms with Crippen molar-refractivity contribution in [3.05, 3.63) is 100 Å². The lowest BCUT2D eigenvalue weighted by atomic mass is 10.1. The Morgan fingerprint density at radius 1 is 1.00 bits per heavy atom. The lowest BCUT2D eigenvalue weighted by Gasteiger charge is -2.32. The molecule has 1 N–H and O–H groups in total. The van der Waals surface area contributed by atoms with Gasteiger partial charge in [0.2, 0.25) is 0 Å². The summed E-state index contributed by atoms with van der Waals surface area (Å²) in [7, 11) is 2.17. The molecule has 1 aliphatic rings. The Hall–Kier alpha value is -3.39. The van der Waals surface area contributed by atoms with Gasteiger partial charge < -0.3 is 10.2 Å². The molecule has 0 atom stereocenters. The van der Waals surface area contributed by atoms with Crippen molar-refractivity contribution < 1.29 is 4.79 Å². The zero-order valence-corrected chi connectivity index (χ0v) is 20.7. The van der Waals surface area contributed by atoms with Gasteiger partial charge in [-0.3, -0.25) is 14.7 Å². The second-order valence-electron chi connectivity index (χ2n) is 8.98. The molecule has 1 fully saturated rings. The van der Waals surface area contributed by atoms with Crippen LogP contribution < -0.4 is 5.32 Å². The van der Waals surface area contributed by atoms with Crippen LogP contribution >= 0.6 is 11.3 Å². The van der Waals surface area contributed by atoms with Crippen LogP contribution in [0.1, 0.15) is 26.5 Å². The molecule has 0 unspecified atom stereocenters. The highest BCUT2D eigenvalue weighted by molar-refractivity contribution is 7.10. The third-order valence-corrected chi connectivity index (χ3v) is 7.12. The fourth-order valence-corrected chi connectivity index (χ4v) is 5.04. The molecule has 5 rings (SSSR count). The minimum absolute atomic E-state index is 0.0959. The van der Waals surface area contributed by atoms with Crippen LogP contribution in [0, 0.1) is 0 Å². The Labute approximate surface area is 210 Å². The van der Waals surface area contributed by atoms with Crippen molar-refractivity contribution in [2.45, 2.75) is 13.0 Å². The highest BCUT2D eigenvalue weighted by Gasteiger charge is 2.14. The van der Waals surface area contributed by atoms with E-state index in [1.54, 1.807) is 17.5 Å². The standard InChI is InChI=1S/C28H29N5OS/c1-32-12-14-33(15-13-32)19-21-7-9-23(10-8-21)28(34)30-25-6-2-4-22(16-25)17-27-31-26(20-35-27)24-5-3-11-29-18-24/h2-11,16,18,20H,12-15,17,19H2,1H3,(H,30,34). The van der Waals surface area contributed by atoms with Crippen molar-refractivity contribution in [1.29, 1.82) is 0 Å². The number of carbonyl (C=O) groups is 1. The summed E-state index contributed by atoms with van der Waals surface area (Å²) in [5.41, 5.74) is 5.76. The maximum absolute atomic E-state index is 12.8. The van der Waals surface area contributed by atoms with E-state index in [0.717, 1.165) is 66.7 Å². The highest BCUT2D eigenvalue weighted by atomic mass is 32.1. The number of nitrogens with one attached hydrogen (secondary N) is 1. The summed E-state index contributed by atoms with van der Waals surface area (Å²) in [6.45, 7) is 5.31. The average molecular weight is 484 g/mol. The third kappa shape index (κ3) is 6.19. The van der Waals surface area contributed by atoms with Gasteiger partial charge in [0, 0.05) is 73.7 Å². The number of carbonyl (C=O) groups excluding carboxylic acids is 1. The SMILES string of the molecule is CN1CCN(Cc2ccc(C(=O)Nc3cccc(Cc4nc(-c5cccnc5)cs4)c3)cc2)CC1. The Morgan fingerprint density at radius 3 is 2.60 bits per heavy atom. The molecule has 178 valence electrons. The van der Waals surface area contributed by atoms with Gasteiger partial charge in [0.15, 0.2) is 0 Å². The van der Waals surface area contributed by atoms with Gasteiger partial charge in [-0.1, -0.05) is 24.3 Å². The molecule has 1 saturated heterocycles. The quantitative estimate of drug-likeness (QED) is 0.409. The predicted octanol–water partition coefficient (Wildman–Crippen LogP) is 4.80. The number of pyridine rings is 1. The number of hydrogen-bond donors (Lipinski definition) is 1. The Kier molecular flexibility index (Phi) is 7.28. The highest BCUT2D eigenvalue weighted by Crippen LogP contribution is 2.23. The van der Waals surface area contributed by atoms with Gasteiger partial charge >= 0.3 is 0 Å². The van der Waals surface area contributed by atoms with Gasteiger partial charge in [-0.25, -0.2) is 4.98 Å². The zero-order chi connectivity index (χ0) is 24.0. The third-order valence-electron chi connectivity index (χ3n) is 6.27. The number of hydrogen-bond acceptors (Lipinski definition) is 6. The summed E-state index contributed by atoms with van der Waals surface area (Å²) in [5.74, 6) is -0.0959. The first-order valence-electron chi connectivity index (χ1n) is 11.9. The number of rotatable bonds is 7. The molecule has 0 spiro atoms. The molecule has 1 aliphatic heterocycles. The van der Waals surface area contributed by atoms with Gasteiger partial charge in [-0.2, -0.15) is 0 Å². The van der Waals surface area contributed by atoms with E-state index in [0.29, 0.717) is 5.56 Å². The van der Waals surface area contributed by atoms with E-state index in [1.165, 1.54) is 5.56 Å². The summed E-state index contributed by atoms with van der Waals surface area (Å²) in [6.07, 6.45) is 4.31. The van der Waals surface area contributed by atoms with E-state index in [1.807, 2.05) is 48.7 Å². The monoisotopic (exact) mass is 483 g/mol. The molecular formula is C28H29N5OS. The molecule has 4 aromatic rings. The van der Waals surface area contributed by atoms with Gasteiger partial charge in [0.05, 0.1) is 10.7 Å². The smallest absolute Gasteiger partial charge is 0.255 e. The normalized spacial score (nSPS) is 14.7. The molecule has 6 nitrogen and oxygen atoms in total. The molecular weight excluding hydrogens is 454 g/mol. The van der Waals surface area contributed by atoms with Crippen molar-refractivity contribution in [3.8, 4) is 11.3 Å². The first-order valence-corrected chi connectivity index (χ1v) is 12.8. The van der Waals surface area contributed by atoms with E-state index in [2.05, 4.69) is 50.7 Å². The summed E-state index contributed by atoms with van der Waals surface area (Å²) in [4.78, 5) is 26.6. The molecule has 0 bridgehead atoms. The van der Waals surface area contributed by atoms with Crippen LogP contribution in [-0.4, -0.2) is 58.9 Å². The molecule has 1 amide bonds. The number of nitrogens with zero attached hydrogens (tertiary/aromatic N) is 4. The molecule has 3 heterocycles. The lowest BCUT2D eigenvalue weighted by molar-refractivity contribution is 0.102. The fourth-order valence-electron chi connectivity index (χ4n) is 4.20. The summed E-state index contributed by atoms with van der Waals surface area (Å²) in [5, 5.41) is 6.13. The fraction of sp³-hybridized carbons (Fsp3) is 0.250. The topological polar surface area (TPSA) is 61.4 Å². The van der Waals surface area contributed by atoms with E-state index >= 15 is 0 Å². The summed E-state index contributed by atoms with van der Waals surface area (Å²) < 4.78 is 0. The van der Waals surface area contributed by atoms with Gasteiger partial charge in [0.1, 0.15) is 0 Å². The predicted molar refractivity (Wildman–Crippen MR) is 142 cm³/mol. The van der Waals surface area contributed by atoms with E-state index < -0.39 is 0 Å². The first kappa shape index (κ1) is 23.4. The molecule has 0 radical (unpaired) electrons. The number of thiazole rings is 1. The number of aromatic nitrogens is 2. The van der Waals surface area contributed by atoms with Crippen LogP contribution in [0.3, 0.4) is 0 Å². The van der Waals surface area contributed by atoms with Crippen LogP contribution in [0.2, 0.25) is 0 Å². The second kappa shape index (κ2) is 10.9. The van der Waals surface area contributed by atoms with Crippen LogP contribution in [0.4, 0.5) is 5.69 Å². The average Bonchev–Trinajstić information content (AvgIpc) is 3.35. The molecule has 2 aromatic heterocycles. The molecule has 0 saturated carbocycles. The largest absolute Gasteiger partial charge is 0.322 e. The Balaban J connectivity index is 1.18. The molecule has 2 aromatic carbocycles. The summed E-state index contributed by atoms with van der Waals surface area (Å²) >= 11 is 1.64. The number of amides is 1. The number of piperazine rings is 1. The second-order valence-corrected chi connectivity index (χ2v) is 9.92. The maximum Gasteiger partial charge on any atom is 0.255 e. The van der Waals surface area contributed by atoms with Crippen molar-refractivity contribution in [2.75, 3.05) is 38.5 Å². The summed E-state index contributed by atoms with van der Waals surface area (Å²) in [6, 6.07) is 19.9. The van der Waals surface area contributed by atoms with Crippen molar-refractivity contribution >= 4 is 22.9 Å². The first-order chi connectivity index (χ1) is 17.1. The molecule has 0 aliphatic carbocycles. The molecule has 35 heavy (non-hydrogen) atoms. The minimum atomic E-state index is -0.0959. The number of likely N-dealkylation sites (N-methyl/N-ethyl adjacent to an activating group) is 1. The maximum atomic E-state index is 12.8. The van der Waals surface area contributed by atoms with Crippen molar-refractivity contribution in [3.63, 3.8) is 0 Å². The van der Waals surface area contributed by atoms with E-state index in [4.69, 9.17) is 4.98 Å². The Morgan fingerprint density at radius 2 is 1.83 bits per heavy atom. The van der Waals surface area contributed by atoms with Crippen molar-refractivity contribution in [1.82, 2.24) is 19.8 Å². The van der Waals surface area contributed by atoms with Gasteiger partial charge in [0.25, 0.3) is 5.91 Å². The molecule has 7 heteroatoms. The lowest BCUT2D eigenvalue weighted by Crippen LogP contribution is -2.43. The van der Waals surface area contributed by atoms with Crippen LogP contribution in [-0.2, 0) is 13.0 Å². The number of anilines is 1. The van der Waals surface area contributed by atoms with Crippen LogP contribution in [0.15, 0.2) is 78.4 Å². The number of benzene rings is 2. The van der Waals surface area contributed by atoms with Gasteiger partial charge in [-0.05, 0) is 54.6 Å². The zero-order valence-electron chi connectivity index (χ0n) is 19.9. The minimum Gasteiger partial charge on any atom is -0.322 e. The Bertz CT molecular complexity index is 1260. The van der Waals surface area contributed by atoms with Crippen LogP contribution in [0.5, 0.6) is 0 Å². The van der Waals surface area contributed by atoms with E-state index in [9.17, 15) is 4.79 Å². The van der Waals surface area contributed by atoms with Gasteiger partial charge in [-0.15, -0.1) is 11.3 Å². The van der Waals surface area contributed by atoms with E-state index in [-0.39, 0.29) is 5.91 Å².